The first kappa shape index (κ1) is 21.0. The number of nitrogens with zero attached hydrogens (tertiary/aromatic N) is 2. The summed E-state index contributed by atoms with van der Waals surface area (Å²) in [6.45, 7) is 2.65. The molecule has 0 saturated carbocycles. The zero-order valence-corrected chi connectivity index (χ0v) is 16.8. The molecule has 0 bridgehead atoms. The van der Waals surface area contributed by atoms with E-state index in [1.165, 1.54) is 23.8 Å². The fourth-order valence-electron chi connectivity index (χ4n) is 3.06. The molecule has 0 spiro atoms. The minimum Gasteiger partial charge on any atom is -0.478 e. The van der Waals surface area contributed by atoms with E-state index in [4.69, 9.17) is 14.7 Å². The van der Waals surface area contributed by atoms with E-state index in [2.05, 4.69) is 4.98 Å². The Hall–Kier alpha value is -2.69. The number of sulfonamides is 1. The Bertz CT molecular complexity index is 949. The van der Waals surface area contributed by atoms with Crippen LogP contribution in [0.5, 0.6) is 5.88 Å². The van der Waals surface area contributed by atoms with E-state index < -0.39 is 22.3 Å². The number of hydroxylamine groups is 1. The van der Waals surface area contributed by atoms with Gasteiger partial charge in [-0.2, -0.15) is 4.31 Å². The number of carbonyl (C=O) groups excluding carboxylic acids is 1. The van der Waals surface area contributed by atoms with Gasteiger partial charge in [-0.3, -0.25) is 5.21 Å². The van der Waals surface area contributed by atoms with Crippen molar-refractivity contribution in [2.75, 3.05) is 13.2 Å². The van der Waals surface area contributed by atoms with E-state index in [0.29, 0.717) is 24.5 Å². The van der Waals surface area contributed by atoms with Crippen LogP contribution in [0.3, 0.4) is 0 Å². The van der Waals surface area contributed by atoms with Crippen LogP contribution in [-0.2, 0) is 21.2 Å². The second-order valence-electron chi connectivity index (χ2n) is 6.47. The van der Waals surface area contributed by atoms with Crippen LogP contribution in [-0.4, -0.2) is 42.2 Å². The van der Waals surface area contributed by atoms with Crippen molar-refractivity contribution >= 4 is 16.1 Å². The molecule has 2 aromatic rings. The lowest BCUT2D eigenvalue weighted by Crippen LogP contribution is -2.43. The standard InChI is InChI=1S/C19H23N3O6S/c1-2-3-12-27-17-9-8-15(13-20-17)29(25,26)22-11-10-14-6-4-5-7-16(14)18(22)28-19(23)21-24/h4-9,13,18,24H,2-3,10-12H2,1H3,(H,21,23). The molecule has 1 aromatic carbocycles. The zero-order chi connectivity index (χ0) is 20.9. The number of unbranched alkanes of at least 4 members (excludes halogenated alkanes) is 1. The molecule has 1 atom stereocenters. The molecule has 9 nitrogen and oxygen atoms in total. The third-order valence-corrected chi connectivity index (χ3v) is 6.39. The van der Waals surface area contributed by atoms with Crippen molar-refractivity contribution in [2.24, 2.45) is 0 Å². The van der Waals surface area contributed by atoms with E-state index in [1.54, 1.807) is 12.1 Å². The highest BCUT2D eigenvalue weighted by molar-refractivity contribution is 7.89. The monoisotopic (exact) mass is 421 g/mol. The summed E-state index contributed by atoms with van der Waals surface area (Å²) in [4.78, 5) is 15.7. The van der Waals surface area contributed by atoms with Crippen LogP contribution in [0.2, 0.25) is 0 Å². The van der Waals surface area contributed by atoms with Gasteiger partial charge in [-0.15, -0.1) is 0 Å². The summed E-state index contributed by atoms with van der Waals surface area (Å²) in [5.74, 6) is 0.342. The number of pyridine rings is 1. The average molecular weight is 421 g/mol. The molecule has 1 unspecified atom stereocenters. The lowest BCUT2D eigenvalue weighted by Gasteiger charge is -2.35. The van der Waals surface area contributed by atoms with Gasteiger partial charge in [0.25, 0.3) is 0 Å². The van der Waals surface area contributed by atoms with E-state index >= 15 is 0 Å². The zero-order valence-electron chi connectivity index (χ0n) is 15.9. The van der Waals surface area contributed by atoms with Crippen LogP contribution >= 0.6 is 0 Å². The van der Waals surface area contributed by atoms with Crippen molar-refractivity contribution in [1.29, 1.82) is 0 Å². The fourth-order valence-corrected chi connectivity index (χ4v) is 4.50. The maximum Gasteiger partial charge on any atom is 0.432 e. The van der Waals surface area contributed by atoms with Gasteiger partial charge in [-0.1, -0.05) is 37.6 Å². The molecule has 10 heteroatoms. The number of ether oxygens (including phenoxy) is 2. The van der Waals surface area contributed by atoms with Crippen molar-refractivity contribution in [3.05, 3.63) is 53.7 Å². The van der Waals surface area contributed by atoms with Gasteiger partial charge in [-0.25, -0.2) is 23.7 Å². The molecule has 0 saturated heterocycles. The Kier molecular flexibility index (Phi) is 6.68. The molecule has 3 rings (SSSR count). The molecule has 1 aliphatic rings. The summed E-state index contributed by atoms with van der Waals surface area (Å²) in [5.41, 5.74) is 2.78. The van der Waals surface area contributed by atoms with Crippen molar-refractivity contribution < 1.29 is 27.9 Å². The molecular weight excluding hydrogens is 398 g/mol. The molecule has 0 fully saturated rings. The van der Waals surface area contributed by atoms with Gasteiger partial charge in [0.1, 0.15) is 4.90 Å². The summed E-state index contributed by atoms with van der Waals surface area (Å²) in [7, 11) is -4.02. The highest BCUT2D eigenvalue weighted by atomic mass is 32.2. The van der Waals surface area contributed by atoms with Crippen molar-refractivity contribution in [3.8, 4) is 5.88 Å². The first-order valence-corrected chi connectivity index (χ1v) is 10.7. The first-order valence-electron chi connectivity index (χ1n) is 9.26. The summed E-state index contributed by atoms with van der Waals surface area (Å²) in [6, 6.07) is 10.00. The van der Waals surface area contributed by atoms with Crippen LogP contribution in [0.4, 0.5) is 4.79 Å². The Balaban J connectivity index is 1.89. The van der Waals surface area contributed by atoms with Gasteiger partial charge in [0.05, 0.1) is 12.8 Å². The van der Waals surface area contributed by atoms with Gasteiger partial charge in [0, 0.05) is 18.2 Å². The highest BCUT2D eigenvalue weighted by Gasteiger charge is 2.39. The van der Waals surface area contributed by atoms with Gasteiger partial charge >= 0.3 is 6.09 Å². The van der Waals surface area contributed by atoms with Crippen LogP contribution < -0.4 is 10.2 Å². The first-order chi connectivity index (χ1) is 14.0. The molecule has 2 N–H and O–H groups in total. The second-order valence-corrected chi connectivity index (χ2v) is 8.36. The number of rotatable bonds is 7. The Labute approximate surface area is 169 Å². The SMILES string of the molecule is CCCCOc1ccc(S(=O)(=O)N2CCc3ccccc3C2OC(=O)NO)cn1. The smallest absolute Gasteiger partial charge is 0.432 e. The summed E-state index contributed by atoms with van der Waals surface area (Å²) >= 11 is 0. The van der Waals surface area contributed by atoms with Gasteiger partial charge < -0.3 is 9.47 Å². The molecule has 0 radical (unpaired) electrons. The lowest BCUT2D eigenvalue weighted by molar-refractivity contribution is 0.00235. The molecule has 156 valence electrons. The number of nitrogens with one attached hydrogen (secondary N) is 1. The minimum absolute atomic E-state index is 0.0438. The number of benzene rings is 1. The summed E-state index contributed by atoms with van der Waals surface area (Å²) < 4.78 is 38.2. The average Bonchev–Trinajstić information content (AvgIpc) is 2.74. The van der Waals surface area contributed by atoms with Crippen LogP contribution in [0.15, 0.2) is 47.5 Å². The number of hydrogen-bond donors (Lipinski definition) is 2. The normalized spacial score (nSPS) is 16.7. The minimum atomic E-state index is -4.02. The maximum absolute atomic E-state index is 13.2. The van der Waals surface area contributed by atoms with E-state index in [-0.39, 0.29) is 11.4 Å². The quantitative estimate of drug-likeness (QED) is 0.401. The van der Waals surface area contributed by atoms with Crippen LogP contribution in [0, 0.1) is 0 Å². The third-order valence-electron chi connectivity index (χ3n) is 4.56. The molecule has 0 aliphatic carbocycles. The van der Waals surface area contributed by atoms with E-state index in [1.807, 2.05) is 19.1 Å². The third kappa shape index (κ3) is 4.66. The Morgan fingerprint density at radius 1 is 1.31 bits per heavy atom. The number of fused-ring (bicyclic) bond motifs is 1. The molecular formula is C19H23N3O6S. The van der Waals surface area contributed by atoms with E-state index in [9.17, 15) is 13.2 Å². The largest absolute Gasteiger partial charge is 0.478 e. The summed E-state index contributed by atoms with van der Waals surface area (Å²) in [6.07, 6.45) is 1.18. The molecule has 29 heavy (non-hydrogen) atoms. The number of carbonyl (C=O) groups is 1. The predicted molar refractivity (Wildman–Crippen MR) is 103 cm³/mol. The fraction of sp³-hybridized carbons (Fsp3) is 0.368. The van der Waals surface area contributed by atoms with Crippen LogP contribution in [0.1, 0.15) is 37.1 Å². The van der Waals surface area contributed by atoms with Crippen molar-refractivity contribution in [1.82, 2.24) is 14.8 Å². The van der Waals surface area contributed by atoms with Gasteiger partial charge in [-0.05, 0) is 24.5 Å². The lowest BCUT2D eigenvalue weighted by atomic mass is 10.00. The highest BCUT2D eigenvalue weighted by Crippen LogP contribution is 2.35. The van der Waals surface area contributed by atoms with E-state index in [0.717, 1.165) is 22.7 Å². The maximum atomic E-state index is 13.2. The molecule has 1 aromatic heterocycles. The molecule has 2 heterocycles. The van der Waals surface area contributed by atoms with Crippen LogP contribution in [0.25, 0.3) is 0 Å². The summed E-state index contributed by atoms with van der Waals surface area (Å²) in [5, 5.41) is 8.82. The Morgan fingerprint density at radius 2 is 2.10 bits per heavy atom. The molecule has 1 aliphatic heterocycles. The number of aromatic nitrogens is 1. The van der Waals surface area contributed by atoms with Gasteiger partial charge in [0.2, 0.25) is 15.9 Å². The topological polar surface area (TPSA) is 118 Å². The predicted octanol–water partition coefficient (Wildman–Crippen LogP) is 2.62. The number of amides is 1. The molecule has 1 amide bonds. The number of hydrogen-bond acceptors (Lipinski definition) is 7. The second kappa shape index (κ2) is 9.21. The Morgan fingerprint density at radius 3 is 2.79 bits per heavy atom. The van der Waals surface area contributed by atoms with Crippen molar-refractivity contribution in [3.63, 3.8) is 0 Å². The van der Waals surface area contributed by atoms with Gasteiger partial charge in [0.15, 0.2) is 6.23 Å². The van der Waals surface area contributed by atoms with Crippen molar-refractivity contribution in [2.45, 2.75) is 37.3 Å².